The van der Waals surface area contributed by atoms with Gasteiger partial charge in [0.05, 0.1) is 0 Å². The van der Waals surface area contributed by atoms with Crippen molar-refractivity contribution in [3.05, 3.63) is 48.5 Å². The molecule has 1 heterocycles. The summed E-state index contributed by atoms with van der Waals surface area (Å²) in [4.78, 5) is 0. The topological polar surface area (TPSA) is 52.0 Å². The molecule has 0 atom stereocenters. The lowest BCUT2D eigenvalue weighted by molar-refractivity contribution is 0.439. The fraction of sp³-hybridized carbons (Fsp3) is 0. The van der Waals surface area contributed by atoms with Gasteiger partial charge in [-0.05, 0) is 10.8 Å². The number of benzene rings is 2. The molecule has 0 bridgehead atoms. The van der Waals surface area contributed by atoms with Crippen LogP contribution in [0, 0.1) is 0 Å². The molecule has 0 saturated heterocycles. The first kappa shape index (κ1) is 8.97. The molecule has 0 fully saturated rings. The van der Waals surface area contributed by atoms with Gasteiger partial charge in [0, 0.05) is 11.6 Å². The first-order chi connectivity index (χ1) is 7.84. The SMILES string of the molecule is Nc1cc(-c2cccc3ccccc23)no1. The minimum Gasteiger partial charge on any atom is -0.368 e. The van der Waals surface area contributed by atoms with Gasteiger partial charge in [0.15, 0.2) is 0 Å². The van der Waals surface area contributed by atoms with Crippen LogP contribution in [0.25, 0.3) is 22.0 Å². The van der Waals surface area contributed by atoms with Crippen LogP contribution >= 0.6 is 0 Å². The second-order valence-electron chi connectivity index (χ2n) is 3.64. The van der Waals surface area contributed by atoms with Crippen LogP contribution in [0.1, 0.15) is 0 Å². The van der Waals surface area contributed by atoms with E-state index < -0.39 is 0 Å². The van der Waals surface area contributed by atoms with Crippen molar-refractivity contribution < 1.29 is 4.52 Å². The van der Waals surface area contributed by atoms with Crippen LogP contribution < -0.4 is 5.73 Å². The van der Waals surface area contributed by atoms with E-state index >= 15 is 0 Å². The molecule has 1 aromatic heterocycles. The van der Waals surface area contributed by atoms with Gasteiger partial charge in [-0.1, -0.05) is 47.6 Å². The third-order valence-corrected chi connectivity index (χ3v) is 2.59. The smallest absolute Gasteiger partial charge is 0.222 e. The first-order valence-corrected chi connectivity index (χ1v) is 5.05. The molecule has 0 saturated carbocycles. The van der Waals surface area contributed by atoms with E-state index in [1.54, 1.807) is 6.07 Å². The Morgan fingerprint density at radius 1 is 1.00 bits per heavy atom. The van der Waals surface area contributed by atoms with Crippen molar-refractivity contribution in [2.24, 2.45) is 0 Å². The highest BCUT2D eigenvalue weighted by Crippen LogP contribution is 2.28. The summed E-state index contributed by atoms with van der Waals surface area (Å²) in [5.41, 5.74) is 7.34. The van der Waals surface area contributed by atoms with Crippen LogP contribution in [-0.2, 0) is 0 Å². The van der Waals surface area contributed by atoms with E-state index in [4.69, 9.17) is 10.3 Å². The highest BCUT2D eigenvalue weighted by Gasteiger charge is 2.07. The van der Waals surface area contributed by atoms with E-state index in [0.717, 1.165) is 16.6 Å². The molecular formula is C13H10N2O. The maximum atomic E-state index is 5.53. The summed E-state index contributed by atoms with van der Waals surface area (Å²) in [5, 5.41) is 6.27. The van der Waals surface area contributed by atoms with Crippen LogP contribution in [-0.4, -0.2) is 5.16 Å². The second kappa shape index (κ2) is 3.38. The minimum atomic E-state index is 0.336. The average Bonchev–Trinajstić information content (AvgIpc) is 2.75. The fourth-order valence-corrected chi connectivity index (χ4v) is 1.87. The maximum absolute atomic E-state index is 5.53. The molecule has 3 heteroatoms. The molecule has 3 rings (SSSR count). The molecule has 0 aliphatic heterocycles. The summed E-state index contributed by atoms with van der Waals surface area (Å²) < 4.78 is 4.90. The Labute approximate surface area is 92.5 Å². The lowest BCUT2D eigenvalue weighted by atomic mass is 10.0. The minimum absolute atomic E-state index is 0.336. The average molecular weight is 210 g/mol. The van der Waals surface area contributed by atoms with Gasteiger partial charge in [-0.25, -0.2) is 0 Å². The summed E-state index contributed by atoms with van der Waals surface area (Å²) >= 11 is 0. The van der Waals surface area contributed by atoms with E-state index in [2.05, 4.69) is 23.4 Å². The van der Waals surface area contributed by atoms with Crippen molar-refractivity contribution in [3.63, 3.8) is 0 Å². The van der Waals surface area contributed by atoms with E-state index in [0.29, 0.717) is 5.88 Å². The Balaban J connectivity index is 2.31. The van der Waals surface area contributed by atoms with Gasteiger partial charge < -0.3 is 10.3 Å². The summed E-state index contributed by atoms with van der Waals surface area (Å²) in [6, 6.07) is 16.0. The third-order valence-electron chi connectivity index (χ3n) is 2.59. The number of nitrogens with zero attached hydrogens (tertiary/aromatic N) is 1. The number of nitrogen functional groups attached to an aromatic ring is 1. The second-order valence-corrected chi connectivity index (χ2v) is 3.64. The van der Waals surface area contributed by atoms with Crippen LogP contribution in [0.15, 0.2) is 53.1 Å². The number of aromatic nitrogens is 1. The monoisotopic (exact) mass is 210 g/mol. The molecule has 78 valence electrons. The van der Waals surface area contributed by atoms with Gasteiger partial charge in [0.25, 0.3) is 0 Å². The molecule has 2 aromatic carbocycles. The molecule has 0 aliphatic rings. The van der Waals surface area contributed by atoms with Gasteiger partial charge in [-0.3, -0.25) is 0 Å². The van der Waals surface area contributed by atoms with Gasteiger partial charge in [-0.15, -0.1) is 0 Å². The predicted molar refractivity (Wildman–Crippen MR) is 63.9 cm³/mol. The van der Waals surface area contributed by atoms with Crippen molar-refractivity contribution in [1.82, 2.24) is 5.16 Å². The summed E-state index contributed by atoms with van der Waals surface area (Å²) in [5.74, 6) is 0.336. The van der Waals surface area contributed by atoms with Gasteiger partial charge in [-0.2, -0.15) is 0 Å². The molecule has 3 nitrogen and oxygen atoms in total. The van der Waals surface area contributed by atoms with Crippen LogP contribution in [0.5, 0.6) is 0 Å². The van der Waals surface area contributed by atoms with Crippen molar-refractivity contribution in [2.45, 2.75) is 0 Å². The van der Waals surface area contributed by atoms with E-state index in [-0.39, 0.29) is 0 Å². The first-order valence-electron chi connectivity index (χ1n) is 5.05. The van der Waals surface area contributed by atoms with Gasteiger partial charge in [0.1, 0.15) is 5.69 Å². The van der Waals surface area contributed by atoms with Crippen LogP contribution in [0.2, 0.25) is 0 Å². The Morgan fingerprint density at radius 2 is 1.81 bits per heavy atom. The summed E-state index contributed by atoms with van der Waals surface area (Å²) in [6.07, 6.45) is 0. The number of anilines is 1. The molecule has 2 N–H and O–H groups in total. The van der Waals surface area contributed by atoms with E-state index in [9.17, 15) is 0 Å². The van der Waals surface area contributed by atoms with Gasteiger partial charge >= 0.3 is 0 Å². The molecule has 3 aromatic rings. The Morgan fingerprint density at radius 3 is 2.62 bits per heavy atom. The highest BCUT2D eigenvalue weighted by atomic mass is 16.5. The van der Waals surface area contributed by atoms with Gasteiger partial charge in [0.2, 0.25) is 5.88 Å². The van der Waals surface area contributed by atoms with Crippen LogP contribution in [0.3, 0.4) is 0 Å². The number of hydrogen-bond acceptors (Lipinski definition) is 3. The standard InChI is InChI=1S/C13H10N2O/c14-13-8-12(15-16-13)11-7-3-5-9-4-1-2-6-10(9)11/h1-8H,14H2. The lowest BCUT2D eigenvalue weighted by Crippen LogP contribution is -1.80. The summed E-state index contributed by atoms with van der Waals surface area (Å²) in [7, 11) is 0. The Bertz CT molecular complexity index is 638. The molecule has 0 aliphatic carbocycles. The Hall–Kier alpha value is -2.29. The summed E-state index contributed by atoms with van der Waals surface area (Å²) in [6.45, 7) is 0. The maximum Gasteiger partial charge on any atom is 0.222 e. The molecular weight excluding hydrogens is 200 g/mol. The fourth-order valence-electron chi connectivity index (χ4n) is 1.87. The third kappa shape index (κ3) is 1.34. The normalized spacial score (nSPS) is 10.8. The number of rotatable bonds is 1. The quantitative estimate of drug-likeness (QED) is 0.671. The Kier molecular flexibility index (Phi) is 1.90. The zero-order valence-electron chi connectivity index (χ0n) is 8.55. The molecule has 0 spiro atoms. The number of hydrogen-bond donors (Lipinski definition) is 1. The molecule has 16 heavy (non-hydrogen) atoms. The van der Waals surface area contributed by atoms with Crippen molar-refractivity contribution in [1.29, 1.82) is 0 Å². The van der Waals surface area contributed by atoms with Crippen LogP contribution in [0.4, 0.5) is 5.88 Å². The number of fused-ring (bicyclic) bond motifs is 1. The lowest BCUT2D eigenvalue weighted by Gasteiger charge is -2.02. The van der Waals surface area contributed by atoms with E-state index in [1.807, 2.05) is 24.3 Å². The molecule has 0 radical (unpaired) electrons. The van der Waals surface area contributed by atoms with Crippen molar-refractivity contribution >= 4 is 16.7 Å². The molecule has 0 amide bonds. The predicted octanol–water partition coefficient (Wildman–Crippen LogP) is 3.08. The number of nitrogens with two attached hydrogens (primary N) is 1. The molecule has 0 unspecified atom stereocenters. The largest absolute Gasteiger partial charge is 0.368 e. The van der Waals surface area contributed by atoms with Crippen molar-refractivity contribution in [2.75, 3.05) is 5.73 Å². The zero-order valence-corrected chi connectivity index (χ0v) is 8.55. The zero-order chi connectivity index (χ0) is 11.0. The highest BCUT2D eigenvalue weighted by molar-refractivity contribution is 5.95. The van der Waals surface area contributed by atoms with E-state index in [1.165, 1.54) is 5.39 Å². The van der Waals surface area contributed by atoms with Crippen molar-refractivity contribution in [3.8, 4) is 11.3 Å².